The maximum absolute atomic E-state index is 8.74. The molecule has 0 spiro atoms. The Morgan fingerprint density at radius 2 is 2.20 bits per heavy atom. The average Bonchev–Trinajstić information content (AvgIpc) is 2.83. The van der Waals surface area contributed by atoms with Crippen molar-refractivity contribution in [1.82, 2.24) is 4.98 Å². The molecule has 0 aliphatic rings. The highest BCUT2D eigenvalue weighted by molar-refractivity contribution is 7.09. The van der Waals surface area contributed by atoms with Gasteiger partial charge in [0.25, 0.3) is 0 Å². The van der Waals surface area contributed by atoms with Crippen LogP contribution in [0.25, 0.3) is 0 Å². The lowest BCUT2D eigenvalue weighted by Gasteiger charge is -2.20. The van der Waals surface area contributed by atoms with Crippen molar-refractivity contribution in [3.8, 4) is 0 Å². The summed E-state index contributed by atoms with van der Waals surface area (Å²) in [6.45, 7) is 4.79. The van der Waals surface area contributed by atoms with Crippen LogP contribution in [0.1, 0.15) is 21.7 Å². The van der Waals surface area contributed by atoms with Gasteiger partial charge in [-0.15, -0.1) is 11.3 Å². The van der Waals surface area contributed by atoms with Crippen molar-refractivity contribution in [2.24, 2.45) is 10.9 Å². The van der Waals surface area contributed by atoms with E-state index in [4.69, 9.17) is 10.9 Å². The molecule has 2 rings (SSSR count). The van der Waals surface area contributed by atoms with Gasteiger partial charge in [-0.25, -0.2) is 4.98 Å². The van der Waals surface area contributed by atoms with E-state index in [2.05, 4.69) is 15.0 Å². The van der Waals surface area contributed by atoms with Gasteiger partial charge in [0.1, 0.15) is 0 Å². The normalized spacial score (nSPS) is 11.7. The van der Waals surface area contributed by atoms with E-state index in [1.165, 1.54) is 4.88 Å². The minimum Gasteiger partial charge on any atom is -0.409 e. The predicted molar refractivity (Wildman–Crippen MR) is 82.6 cm³/mol. The van der Waals surface area contributed by atoms with Crippen molar-refractivity contribution in [2.75, 3.05) is 11.9 Å². The van der Waals surface area contributed by atoms with Crippen molar-refractivity contribution in [3.63, 3.8) is 0 Å². The first-order valence-electron chi connectivity index (χ1n) is 6.21. The van der Waals surface area contributed by atoms with Crippen molar-refractivity contribution in [3.05, 3.63) is 45.4 Å². The molecule has 0 fully saturated rings. The molecule has 0 aliphatic heterocycles. The van der Waals surface area contributed by atoms with E-state index in [1.54, 1.807) is 11.3 Å². The molecule has 1 aromatic heterocycles. The summed E-state index contributed by atoms with van der Waals surface area (Å²) in [6.07, 6.45) is 0. The third-order valence-electron chi connectivity index (χ3n) is 3.26. The van der Waals surface area contributed by atoms with E-state index < -0.39 is 0 Å². The van der Waals surface area contributed by atoms with E-state index in [1.807, 2.05) is 44.6 Å². The molecule has 106 valence electrons. The Bertz CT molecular complexity index is 636. The van der Waals surface area contributed by atoms with Gasteiger partial charge in [0.2, 0.25) is 0 Å². The molecular formula is C14H18N4OS. The number of benzene rings is 1. The van der Waals surface area contributed by atoms with Crippen molar-refractivity contribution in [2.45, 2.75) is 20.4 Å². The third-order valence-corrected chi connectivity index (χ3v) is 4.18. The van der Waals surface area contributed by atoms with Crippen LogP contribution in [0.4, 0.5) is 5.69 Å². The predicted octanol–water partition coefficient (Wildman–Crippen LogP) is 2.49. The summed E-state index contributed by atoms with van der Waals surface area (Å²) in [5, 5.41) is 11.8. The van der Waals surface area contributed by atoms with E-state index in [-0.39, 0.29) is 5.84 Å². The SMILES string of the molecule is Cc1cc(N(C)Cc2scnc2C)ccc1/C(N)=N/O. The Morgan fingerprint density at radius 3 is 2.75 bits per heavy atom. The number of amidine groups is 1. The number of nitrogens with zero attached hydrogens (tertiary/aromatic N) is 3. The fourth-order valence-electron chi connectivity index (χ4n) is 2.01. The maximum Gasteiger partial charge on any atom is 0.170 e. The van der Waals surface area contributed by atoms with Crippen LogP contribution in [-0.2, 0) is 6.54 Å². The number of nitrogens with two attached hydrogens (primary N) is 1. The van der Waals surface area contributed by atoms with Crippen molar-refractivity contribution in [1.29, 1.82) is 0 Å². The lowest BCUT2D eigenvalue weighted by atomic mass is 10.1. The fraction of sp³-hybridized carbons (Fsp3) is 0.286. The number of hydrogen-bond donors (Lipinski definition) is 2. The summed E-state index contributed by atoms with van der Waals surface area (Å²) < 4.78 is 0. The second-order valence-corrected chi connectivity index (χ2v) is 5.64. The number of rotatable bonds is 4. The van der Waals surface area contributed by atoms with Gasteiger partial charge in [0.05, 0.1) is 17.7 Å². The largest absolute Gasteiger partial charge is 0.409 e. The molecule has 0 unspecified atom stereocenters. The Hall–Kier alpha value is -2.08. The standard InChI is InChI=1S/C14H18N4OS/c1-9-6-11(4-5-12(9)14(15)17-19)18(3)7-13-10(2)16-8-20-13/h4-6,8,19H,7H2,1-3H3,(H2,15,17). The Balaban J connectivity index is 2.21. The van der Waals surface area contributed by atoms with E-state index in [9.17, 15) is 0 Å². The maximum atomic E-state index is 8.74. The van der Waals surface area contributed by atoms with Crippen molar-refractivity contribution < 1.29 is 5.21 Å². The molecular weight excluding hydrogens is 272 g/mol. The Morgan fingerprint density at radius 1 is 1.45 bits per heavy atom. The minimum absolute atomic E-state index is 0.134. The molecule has 3 N–H and O–H groups in total. The van der Waals surface area contributed by atoms with Crippen LogP contribution in [0.5, 0.6) is 0 Å². The highest BCUT2D eigenvalue weighted by atomic mass is 32.1. The summed E-state index contributed by atoms with van der Waals surface area (Å²) >= 11 is 1.66. The molecule has 0 atom stereocenters. The zero-order valence-corrected chi connectivity index (χ0v) is 12.6. The molecule has 0 saturated heterocycles. The topological polar surface area (TPSA) is 74.7 Å². The van der Waals surface area contributed by atoms with Crippen molar-refractivity contribution >= 4 is 22.9 Å². The zero-order chi connectivity index (χ0) is 14.7. The lowest BCUT2D eigenvalue weighted by molar-refractivity contribution is 0.318. The summed E-state index contributed by atoms with van der Waals surface area (Å²) in [4.78, 5) is 7.67. The second kappa shape index (κ2) is 5.92. The molecule has 20 heavy (non-hydrogen) atoms. The van der Waals surface area contributed by atoms with Crippen LogP contribution in [0.3, 0.4) is 0 Å². The first kappa shape index (κ1) is 14.3. The highest BCUT2D eigenvalue weighted by Crippen LogP contribution is 2.22. The van der Waals surface area contributed by atoms with Gasteiger partial charge >= 0.3 is 0 Å². The van der Waals surface area contributed by atoms with Gasteiger partial charge in [-0.1, -0.05) is 5.16 Å². The molecule has 0 bridgehead atoms. The molecule has 1 aromatic carbocycles. The molecule has 0 aliphatic carbocycles. The summed E-state index contributed by atoms with van der Waals surface area (Å²) in [7, 11) is 2.04. The van der Waals surface area contributed by atoms with Crippen LogP contribution >= 0.6 is 11.3 Å². The molecule has 2 aromatic rings. The monoisotopic (exact) mass is 290 g/mol. The van der Waals surface area contributed by atoms with Crippen LogP contribution in [-0.4, -0.2) is 23.1 Å². The lowest BCUT2D eigenvalue weighted by Crippen LogP contribution is -2.18. The first-order valence-corrected chi connectivity index (χ1v) is 7.09. The first-order chi connectivity index (χ1) is 9.52. The van der Waals surface area contributed by atoms with Gasteiger partial charge < -0.3 is 15.8 Å². The summed E-state index contributed by atoms with van der Waals surface area (Å²) in [5.74, 6) is 0.134. The van der Waals surface area contributed by atoms with Crippen LogP contribution in [0.15, 0.2) is 28.9 Å². The molecule has 0 amide bonds. The van der Waals surface area contributed by atoms with Gasteiger partial charge in [-0.3, -0.25) is 0 Å². The second-order valence-electron chi connectivity index (χ2n) is 4.70. The Labute approximate surface area is 122 Å². The molecule has 5 nitrogen and oxygen atoms in total. The van der Waals surface area contributed by atoms with Gasteiger partial charge in [-0.2, -0.15) is 0 Å². The van der Waals surface area contributed by atoms with Gasteiger partial charge in [-0.05, 0) is 37.6 Å². The number of thiazole rings is 1. The number of aromatic nitrogens is 1. The zero-order valence-electron chi connectivity index (χ0n) is 11.8. The quantitative estimate of drug-likeness (QED) is 0.392. The molecule has 1 heterocycles. The van der Waals surface area contributed by atoms with Gasteiger partial charge in [0.15, 0.2) is 5.84 Å². The minimum atomic E-state index is 0.134. The molecule has 6 heteroatoms. The smallest absolute Gasteiger partial charge is 0.170 e. The summed E-state index contributed by atoms with van der Waals surface area (Å²) in [5.41, 5.74) is 11.4. The van der Waals surface area contributed by atoms with E-state index in [0.717, 1.165) is 29.1 Å². The highest BCUT2D eigenvalue weighted by Gasteiger charge is 2.09. The molecule has 0 saturated carbocycles. The number of anilines is 1. The van der Waals surface area contributed by atoms with Crippen LogP contribution in [0.2, 0.25) is 0 Å². The van der Waals surface area contributed by atoms with Gasteiger partial charge in [0, 0.05) is 23.2 Å². The number of aryl methyl sites for hydroxylation is 2. The fourth-order valence-corrected chi connectivity index (χ4v) is 2.84. The third kappa shape index (κ3) is 2.91. The van der Waals surface area contributed by atoms with E-state index >= 15 is 0 Å². The van der Waals surface area contributed by atoms with Crippen LogP contribution in [0, 0.1) is 13.8 Å². The number of oxime groups is 1. The van der Waals surface area contributed by atoms with Crippen LogP contribution < -0.4 is 10.6 Å². The number of hydrogen-bond acceptors (Lipinski definition) is 5. The van der Waals surface area contributed by atoms with E-state index in [0.29, 0.717) is 0 Å². The molecule has 0 radical (unpaired) electrons. The Kier molecular flexibility index (Phi) is 4.24. The average molecular weight is 290 g/mol. The summed E-state index contributed by atoms with van der Waals surface area (Å²) in [6, 6.07) is 5.87.